The molecule has 11 heteroatoms. The van der Waals surface area contributed by atoms with Gasteiger partial charge in [0.2, 0.25) is 5.91 Å². The van der Waals surface area contributed by atoms with Gasteiger partial charge in [0, 0.05) is 39.1 Å². The third-order valence-corrected chi connectivity index (χ3v) is 9.01. The Hall–Kier alpha value is -3.44. The summed E-state index contributed by atoms with van der Waals surface area (Å²) in [5.41, 5.74) is 0.203. The second-order valence-electron chi connectivity index (χ2n) is 8.81. The van der Waals surface area contributed by atoms with Crippen LogP contribution in [0.15, 0.2) is 78.0 Å². The number of benzene rings is 2. The largest absolute Gasteiger partial charge is 0.457 e. The maximum Gasteiger partial charge on any atom is 0.416 e. The maximum atomic E-state index is 13.7. The number of carbonyl (C=O) groups excluding carboxylic acids is 1. The second-order valence-corrected chi connectivity index (χ2v) is 11.1. The van der Waals surface area contributed by atoms with E-state index in [-0.39, 0.29) is 29.2 Å². The number of carbonyl (C=O) groups is 1. The molecule has 1 saturated heterocycles. The highest BCUT2D eigenvalue weighted by Gasteiger charge is 2.52. The summed E-state index contributed by atoms with van der Waals surface area (Å²) in [6.07, 6.45) is -0.767. The Bertz CT molecular complexity index is 1320. The number of hydrogen-bond donors (Lipinski definition) is 1. The summed E-state index contributed by atoms with van der Waals surface area (Å²) in [5.74, 6) is -0.135. The van der Waals surface area contributed by atoms with Gasteiger partial charge in [-0.15, -0.1) is 0 Å². The van der Waals surface area contributed by atoms with Gasteiger partial charge in [-0.3, -0.25) is 14.7 Å². The molecule has 2 aromatic carbocycles. The molecule has 2 heterocycles. The van der Waals surface area contributed by atoms with Crippen molar-refractivity contribution in [3.63, 3.8) is 0 Å². The first kappa shape index (κ1) is 26.6. The lowest BCUT2D eigenvalue weighted by molar-refractivity contribution is -0.137. The number of aromatic nitrogens is 1. The van der Waals surface area contributed by atoms with Crippen molar-refractivity contribution >= 4 is 15.7 Å². The molecule has 0 bridgehead atoms. The van der Waals surface area contributed by atoms with Gasteiger partial charge in [0.15, 0.2) is 14.6 Å². The summed E-state index contributed by atoms with van der Waals surface area (Å²) in [5, 5.41) is 2.52. The van der Waals surface area contributed by atoms with E-state index in [9.17, 15) is 26.4 Å². The summed E-state index contributed by atoms with van der Waals surface area (Å²) < 4.78 is 69.7. The van der Waals surface area contributed by atoms with Gasteiger partial charge in [0.1, 0.15) is 11.5 Å². The average Bonchev–Trinajstić information content (AvgIpc) is 2.89. The minimum atomic E-state index is -4.45. The van der Waals surface area contributed by atoms with E-state index < -0.39 is 32.2 Å². The van der Waals surface area contributed by atoms with E-state index in [0.717, 1.165) is 17.7 Å². The van der Waals surface area contributed by atoms with Crippen molar-refractivity contribution < 1.29 is 31.1 Å². The van der Waals surface area contributed by atoms with Crippen molar-refractivity contribution in [3.05, 3.63) is 84.2 Å². The Morgan fingerprint density at radius 1 is 1.03 bits per heavy atom. The number of hydrogen-bond acceptors (Lipinski definition) is 6. The number of amides is 1. The Kier molecular flexibility index (Phi) is 7.56. The Balaban J connectivity index is 1.50. The number of rotatable bonds is 7. The molecule has 1 fully saturated rings. The smallest absolute Gasteiger partial charge is 0.416 e. The zero-order valence-corrected chi connectivity index (χ0v) is 20.8. The summed E-state index contributed by atoms with van der Waals surface area (Å²) in [7, 11) is -2.66. The molecule has 1 amide bonds. The van der Waals surface area contributed by atoms with E-state index >= 15 is 0 Å². The highest BCUT2D eigenvalue weighted by Crippen LogP contribution is 2.37. The van der Waals surface area contributed by atoms with E-state index in [0.29, 0.717) is 19.6 Å². The molecule has 37 heavy (non-hydrogen) atoms. The molecule has 0 atom stereocenters. The summed E-state index contributed by atoms with van der Waals surface area (Å²) in [4.78, 5) is 19.1. The minimum absolute atomic E-state index is 0.0309. The van der Waals surface area contributed by atoms with Gasteiger partial charge < -0.3 is 10.1 Å². The molecular weight excluding hydrogens is 507 g/mol. The van der Waals surface area contributed by atoms with Gasteiger partial charge in [0.05, 0.1) is 10.5 Å². The fraction of sp³-hybridized carbons (Fsp3) is 0.308. The van der Waals surface area contributed by atoms with Gasteiger partial charge in [-0.2, -0.15) is 13.2 Å². The van der Waals surface area contributed by atoms with Crippen molar-refractivity contribution in [2.24, 2.45) is 0 Å². The molecule has 0 spiro atoms. The van der Waals surface area contributed by atoms with E-state index in [4.69, 9.17) is 4.74 Å². The first-order valence-corrected chi connectivity index (χ1v) is 13.1. The first-order valence-electron chi connectivity index (χ1n) is 11.6. The number of nitrogens with zero attached hydrogens (tertiary/aromatic N) is 2. The van der Waals surface area contributed by atoms with Crippen LogP contribution in [-0.2, 0) is 27.4 Å². The zero-order chi connectivity index (χ0) is 26.7. The highest BCUT2D eigenvalue weighted by molar-refractivity contribution is 7.93. The molecule has 4 rings (SSSR count). The molecule has 196 valence electrons. The van der Waals surface area contributed by atoms with Crippen molar-refractivity contribution in [1.29, 1.82) is 0 Å². The van der Waals surface area contributed by atoms with E-state index in [1.165, 1.54) is 43.4 Å². The predicted molar refractivity (Wildman–Crippen MR) is 131 cm³/mol. The van der Waals surface area contributed by atoms with E-state index in [1.807, 2.05) is 12.1 Å². The number of piperidine rings is 1. The van der Waals surface area contributed by atoms with Crippen LogP contribution < -0.4 is 10.1 Å². The average molecular weight is 534 g/mol. The standard InChI is InChI=1S/C26H26F3N3O4S/c1-30-24(33)25(12-15-32(16-13-25)18-19-3-2-14-31-17-19)37(34,35)23-10-8-22(9-11-23)36-21-6-4-20(5-7-21)26(27,28)29/h2-11,14,17H,12-13,15-16,18H2,1H3,(H,30,33). The maximum absolute atomic E-state index is 13.7. The van der Waals surface area contributed by atoms with Crippen LogP contribution in [0.2, 0.25) is 0 Å². The van der Waals surface area contributed by atoms with Crippen LogP contribution >= 0.6 is 0 Å². The summed E-state index contributed by atoms with van der Waals surface area (Å²) >= 11 is 0. The Morgan fingerprint density at radius 3 is 2.14 bits per heavy atom. The van der Waals surface area contributed by atoms with Crippen LogP contribution in [-0.4, -0.2) is 49.1 Å². The number of pyridine rings is 1. The molecule has 1 aromatic heterocycles. The summed E-state index contributed by atoms with van der Waals surface area (Å²) in [6, 6.07) is 13.5. The third kappa shape index (κ3) is 5.62. The molecule has 1 aliphatic rings. The van der Waals surface area contributed by atoms with E-state index in [2.05, 4.69) is 15.2 Å². The van der Waals surface area contributed by atoms with E-state index in [1.54, 1.807) is 12.4 Å². The predicted octanol–water partition coefficient (Wildman–Crippen LogP) is 4.45. The quantitative estimate of drug-likeness (QED) is 0.483. The molecule has 0 saturated carbocycles. The Morgan fingerprint density at radius 2 is 1.62 bits per heavy atom. The van der Waals surface area contributed by atoms with Crippen LogP contribution in [0.4, 0.5) is 13.2 Å². The fourth-order valence-corrected chi connectivity index (χ4v) is 6.44. The number of sulfone groups is 1. The van der Waals surface area contributed by atoms with Gasteiger partial charge in [0.25, 0.3) is 0 Å². The molecule has 0 aliphatic carbocycles. The van der Waals surface area contributed by atoms with Gasteiger partial charge >= 0.3 is 6.18 Å². The highest BCUT2D eigenvalue weighted by atomic mass is 32.2. The minimum Gasteiger partial charge on any atom is -0.457 e. The van der Waals surface area contributed by atoms with Crippen LogP contribution in [0.25, 0.3) is 0 Å². The molecule has 7 nitrogen and oxygen atoms in total. The van der Waals surface area contributed by atoms with Crippen LogP contribution in [0.1, 0.15) is 24.0 Å². The zero-order valence-electron chi connectivity index (χ0n) is 20.0. The van der Waals surface area contributed by atoms with Crippen LogP contribution in [0.3, 0.4) is 0 Å². The fourth-order valence-electron chi connectivity index (χ4n) is 4.43. The van der Waals surface area contributed by atoms with Crippen LogP contribution in [0.5, 0.6) is 11.5 Å². The number of halogens is 3. The molecule has 0 unspecified atom stereocenters. The lowest BCUT2D eigenvalue weighted by atomic mass is 9.94. The number of nitrogens with one attached hydrogen (secondary N) is 1. The topological polar surface area (TPSA) is 88.6 Å². The SMILES string of the molecule is CNC(=O)C1(S(=O)(=O)c2ccc(Oc3ccc(C(F)(F)F)cc3)cc2)CCN(Cc2cccnc2)CC1. The molecule has 1 aliphatic heterocycles. The summed E-state index contributed by atoms with van der Waals surface area (Å²) in [6.45, 7) is 1.43. The van der Waals surface area contributed by atoms with Gasteiger partial charge in [-0.25, -0.2) is 8.42 Å². The van der Waals surface area contributed by atoms with Gasteiger partial charge in [-0.1, -0.05) is 6.07 Å². The van der Waals surface area contributed by atoms with Crippen LogP contribution in [0, 0.1) is 0 Å². The number of likely N-dealkylation sites (tertiary alicyclic amines) is 1. The van der Waals surface area contributed by atoms with Crippen molar-refractivity contribution in [2.45, 2.75) is 35.2 Å². The lowest BCUT2D eigenvalue weighted by Crippen LogP contribution is -2.57. The number of alkyl halides is 3. The number of ether oxygens (including phenoxy) is 1. The normalized spacial score (nSPS) is 16.2. The Labute approximate surface area is 213 Å². The lowest BCUT2D eigenvalue weighted by Gasteiger charge is -2.39. The first-order chi connectivity index (χ1) is 17.5. The third-order valence-electron chi connectivity index (χ3n) is 6.50. The van der Waals surface area contributed by atoms with Gasteiger partial charge in [-0.05, 0) is 73.0 Å². The molecule has 1 N–H and O–H groups in total. The molecule has 3 aromatic rings. The van der Waals surface area contributed by atoms with Crippen molar-refractivity contribution in [3.8, 4) is 11.5 Å². The monoisotopic (exact) mass is 533 g/mol. The molecule has 0 radical (unpaired) electrons. The second kappa shape index (κ2) is 10.5. The van der Waals surface area contributed by atoms with Crippen molar-refractivity contribution in [1.82, 2.24) is 15.2 Å². The molecular formula is C26H26F3N3O4S. The van der Waals surface area contributed by atoms with Crippen molar-refractivity contribution in [2.75, 3.05) is 20.1 Å².